The number of nitrogens with zero attached hydrogens (tertiary/aromatic N) is 1. The summed E-state index contributed by atoms with van der Waals surface area (Å²) < 4.78 is 4.99. The van der Waals surface area contributed by atoms with E-state index in [-0.39, 0.29) is 11.9 Å². The van der Waals surface area contributed by atoms with Crippen LogP contribution in [0.3, 0.4) is 0 Å². The maximum atomic E-state index is 12.4. The number of furan rings is 1. The smallest absolute Gasteiger partial charge is 0.242 e. The average molecular weight is 272 g/mol. The maximum Gasteiger partial charge on any atom is 0.242 e. The second-order valence-electron chi connectivity index (χ2n) is 5.13. The van der Waals surface area contributed by atoms with E-state index in [1.54, 1.807) is 12.5 Å². The summed E-state index contributed by atoms with van der Waals surface area (Å²) in [6, 6.07) is 9.58. The molecule has 2 aromatic rings. The molecule has 0 spiro atoms. The van der Waals surface area contributed by atoms with Crippen molar-refractivity contribution in [3.05, 3.63) is 59.5 Å². The molecule has 4 heteroatoms. The Morgan fingerprint density at radius 1 is 1.35 bits per heavy atom. The quantitative estimate of drug-likeness (QED) is 0.909. The van der Waals surface area contributed by atoms with Gasteiger partial charge in [0.05, 0.1) is 12.5 Å². The molecule has 1 atom stereocenters. The maximum absolute atomic E-state index is 12.4. The minimum absolute atomic E-state index is 0.0122. The van der Waals surface area contributed by atoms with Gasteiger partial charge >= 0.3 is 0 Å². The Kier molecular flexibility index (Phi) is 4.58. The molecule has 2 rings (SSSR count). The van der Waals surface area contributed by atoms with E-state index < -0.39 is 0 Å². The van der Waals surface area contributed by atoms with E-state index in [0.717, 1.165) is 16.7 Å². The topological polar surface area (TPSA) is 45.5 Å². The van der Waals surface area contributed by atoms with Crippen molar-refractivity contribution in [1.29, 1.82) is 0 Å². The van der Waals surface area contributed by atoms with Crippen LogP contribution < -0.4 is 5.32 Å². The second-order valence-corrected chi connectivity index (χ2v) is 5.13. The van der Waals surface area contributed by atoms with Gasteiger partial charge in [0.2, 0.25) is 5.91 Å². The van der Waals surface area contributed by atoms with Gasteiger partial charge in [-0.15, -0.1) is 0 Å². The molecule has 1 amide bonds. The van der Waals surface area contributed by atoms with Gasteiger partial charge in [0.15, 0.2) is 0 Å². The summed E-state index contributed by atoms with van der Waals surface area (Å²) in [4.78, 5) is 14.3. The van der Waals surface area contributed by atoms with E-state index in [9.17, 15) is 4.79 Å². The summed E-state index contributed by atoms with van der Waals surface area (Å²) in [5.74, 6) is -0.0122. The van der Waals surface area contributed by atoms with Crippen LogP contribution in [0.25, 0.3) is 0 Å². The fraction of sp³-hybridized carbons (Fsp3) is 0.312. The lowest BCUT2D eigenvalue weighted by atomic mass is 10.0. The predicted octanol–water partition coefficient (Wildman–Crippen LogP) is 2.51. The third-order valence-electron chi connectivity index (χ3n) is 3.17. The minimum atomic E-state index is -0.290. The Labute approximate surface area is 119 Å². The highest BCUT2D eigenvalue weighted by atomic mass is 16.3. The number of carbonyl (C=O) groups excluding carboxylic acids is 1. The lowest BCUT2D eigenvalue weighted by Crippen LogP contribution is -2.36. The predicted molar refractivity (Wildman–Crippen MR) is 78.2 cm³/mol. The number of hydrogen-bond acceptors (Lipinski definition) is 3. The van der Waals surface area contributed by atoms with Crippen molar-refractivity contribution in [2.75, 3.05) is 14.1 Å². The van der Waals surface area contributed by atoms with Crippen molar-refractivity contribution >= 4 is 5.91 Å². The lowest BCUT2D eigenvalue weighted by molar-refractivity contribution is -0.125. The van der Waals surface area contributed by atoms with Crippen molar-refractivity contribution in [3.63, 3.8) is 0 Å². The lowest BCUT2D eigenvalue weighted by Gasteiger charge is -2.24. The van der Waals surface area contributed by atoms with Crippen LogP contribution in [0.4, 0.5) is 0 Å². The van der Waals surface area contributed by atoms with Crippen LogP contribution in [0.1, 0.15) is 22.7 Å². The average Bonchev–Trinajstić information content (AvgIpc) is 2.89. The Hall–Kier alpha value is -2.07. The number of benzene rings is 1. The van der Waals surface area contributed by atoms with Gasteiger partial charge in [-0.1, -0.05) is 29.8 Å². The molecule has 0 bridgehead atoms. The van der Waals surface area contributed by atoms with E-state index in [2.05, 4.69) is 5.32 Å². The molecular formula is C16H20N2O2. The highest BCUT2D eigenvalue weighted by molar-refractivity contribution is 5.83. The second kappa shape index (κ2) is 6.39. The van der Waals surface area contributed by atoms with Gasteiger partial charge in [0.1, 0.15) is 6.04 Å². The Morgan fingerprint density at radius 2 is 2.15 bits per heavy atom. The van der Waals surface area contributed by atoms with Crippen LogP contribution >= 0.6 is 0 Å². The van der Waals surface area contributed by atoms with E-state index in [1.165, 1.54) is 0 Å². The number of nitrogens with one attached hydrogen (secondary N) is 1. The summed E-state index contributed by atoms with van der Waals surface area (Å²) in [6.07, 6.45) is 3.24. The molecular weight excluding hydrogens is 252 g/mol. The molecule has 0 saturated carbocycles. The van der Waals surface area contributed by atoms with E-state index >= 15 is 0 Å². The molecule has 0 aliphatic heterocycles. The van der Waals surface area contributed by atoms with Gasteiger partial charge in [-0.25, -0.2) is 0 Å². The normalized spacial score (nSPS) is 12.4. The van der Waals surface area contributed by atoms with Gasteiger partial charge in [-0.3, -0.25) is 9.69 Å². The summed E-state index contributed by atoms with van der Waals surface area (Å²) in [7, 11) is 3.81. The number of hydrogen-bond donors (Lipinski definition) is 1. The highest BCUT2D eigenvalue weighted by Gasteiger charge is 2.22. The molecule has 0 radical (unpaired) electrons. The first-order valence-electron chi connectivity index (χ1n) is 6.59. The number of likely N-dealkylation sites (N-methyl/N-ethyl adjacent to an activating group) is 1. The van der Waals surface area contributed by atoms with Crippen LogP contribution in [0, 0.1) is 6.92 Å². The van der Waals surface area contributed by atoms with Crippen LogP contribution in [-0.4, -0.2) is 24.9 Å². The van der Waals surface area contributed by atoms with Crippen LogP contribution in [-0.2, 0) is 11.3 Å². The first-order chi connectivity index (χ1) is 9.58. The zero-order valence-corrected chi connectivity index (χ0v) is 12.1. The van der Waals surface area contributed by atoms with Crippen molar-refractivity contribution < 1.29 is 9.21 Å². The molecule has 4 nitrogen and oxygen atoms in total. The SMILES string of the molecule is Cc1cccc(C(C(=O)NCc2ccoc2)N(C)C)c1. The van der Waals surface area contributed by atoms with Crippen molar-refractivity contribution in [1.82, 2.24) is 10.2 Å². The van der Waals surface area contributed by atoms with Crippen molar-refractivity contribution in [2.24, 2.45) is 0 Å². The molecule has 1 aromatic heterocycles. The third kappa shape index (κ3) is 3.48. The Balaban J connectivity index is 2.10. The summed E-state index contributed by atoms with van der Waals surface area (Å²) in [6.45, 7) is 2.51. The van der Waals surface area contributed by atoms with Gasteiger partial charge in [-0.05, 0) is 32.6 Å². The first-order valence-corrected chi connectivity index (χ1v) is 6.59. The van der Waals surface area contributed by atoms with E-state index in [4.69, 9.17) is 4.42 Å². The molecule has 0 fully saturated rings. The van der Waals surface area contributed by atoms with Crippen LogP contribution in [0.15, 0.2) is 47.3 Å². The molecule has 1 unspecified atom stereocenters. The monoisotopic (exact) mass is 272 g/mol. The Morgan fingerprint density at radius 3 is 2.75 bits per heavy atom. The zero-order chi connectivity index (χ0) is 14.5. The number of rotatable bonds is 5. The number of aryl methyl sites for hydroxylation is 1. The largest absolute Gasteiger partial charge is 0.472 e. The summed E-state index contributed by atoms with van der Waals surface area (Å²) in [5, 5.41) is 2.94. The first kappa shape index (κ1) is 14.3. The fourth-order valence-electron chi connectivity index (χ4n) is 2.20. The zero-order valence-electron chi connectivity index (χ0n) is 12.1. The van der Waals surface area contributed by atoms with E-state index in [1.807, 2.05) is 56.3 Å². The van der Waals surface area contributed by atoms with Gasteiger partial charge in [-0.2, -0.15) is 0 Å². The fourth-order valence-corrected chi connectivity index (χ4v) is 2.20. The van der Waals surface area contributed by atoms with Crippen LogP contribution in [0.2, 0.25) is 0 Å². The molecule has 1 heterocycles. The van der Waals surface area contributed by atoms with E-state index in [0.29, 0.717) is 6.54 Å². The molecule has 0 aliphatic rings. The summed E-state index contributed by atoms with van der Waals surface area (Å²) in [5.41, 5.74) is 3.11. The summed E-state index contributed by atoms with van der Waals surface area (Å²) >= 11 is 0. The highest BCUT2D eigenvalue weighted by Crippen LogP contribution is 2.19. The molecule has 1 aromatic carbocycles. The molecule has 0 saturated heterocycles. The van der Waals surface area contributed by atoms with Gasteiger partial charge in [0, 0.05) is 12.1 Å². The Bertz CT molecular complexity index is 562. The third-order valence-corrected chi connectivity index (χ3v) is 3.17. The van der Waals surface area contributed by atoms with Crippen molar-refractivity contribution in [3.8, 4) is 0 Å². The van der Waals surface area contributed by atoms with Crippen LogP contribution in [0.5, 0.6) is 0 Å². The molecule has 106 valence electrons. The standard InChI is InChI=1S/C16H20N2O2/c1-12-5-4-6-14(9-12)15(18(2)3)16(19)17-10-13-7-8-20-11-13/h4-9,11,15H,10H2,1-3H3,(H,17,19). The number of amides is 1. The number of carbonyl (C=O) groups is 1. The minimum Gasteiger partial charge on any atom is -0.472 e. The molecule has 20 heavy (non-hydrogen) atoms. The van der Waals surface area contributed by atoms with Gasteiger partial charge < -0.3 is 9.73 Å². The molecule has 0 aliphatic carbocycles. The van der Waals surface area contributed by atoms with Gasteiger partial charge in [0.25, 0.3) is 0 Å². The van der Waals surface area contributed by atoms with Crippen molar-refractivity contribution in [2.45, 2.75) is 19.5 Å². The molecule has 1 N–H and O–H groups in total.